The van der Waals surface area contributed by atoms with Crippen LogP contribution >= 0.6 is 11.3 Å². The van der Waals surface area contributed by atoms with E-state index >= 15 is 0 Å². The Morgan fingerprint density at radius 2 is 2.09 bits per heavy atom. The first-order valence-electron chi connectivity index (χ1n) is 7.79. The summed E-state index contributed by atoms with van der Waals surface area (Å²) in [5, 5.41) is 8.14. The molecule has 1 aliphatic carbocycles. The third kappa shape index (κ3) is 2.54. The number of thiophene rings is 1. The first-order valence-corrected chi connectivity index (χ1v) is 8.66. The van der Waals surface area contributed by atoms with Gasteiger partial charge in [0.25, 0.3) is 0 Å². The number of rotatable bonds is 3. The van der Waals surface area contributed by atoms with Gasteiger partial charge in [-0.05, 0) is 41.2 Å². The summed E-state index contributed by atoms with van der Waals surface area (Å²) in [6.45, 7) is 7.54. The van der Waals surface area contributed by atoms with Gasteiger partial charge in [-0.3, -0.25) is 4.98 Å². The maximum absolute atomic E-state index is 4.85. The van der Waals surface area contributed by atoms with Crippen LogP contribution in [0.5, 0.6) is 0 Å². The monoisotopic (exact) mass is 312 g/mol. The van der Waals surface area contributed by atoms with Crippen molar-refractivity contribution in [2.75, 3.05) is 0 Å². The van der Waals surface area contributed by atoms with Crippen molar-refractivity contribution >= 4 is 21.4 Å². The van der Waals surface area contributed by atoms with Crippen LogP contribution in [0.1, 0.15) is 45.4 Å². The molecular formula is C17H20N4S. The fourth-order valence-electron chi connectivity index (χ4n) is 2.66. The van der Waals surface area contributed by atoms with Crippen LogP contribution in [0.15, 0.2) is 23.7 Å². The number of fused-ring (bicyclic) bond motifs is 1. The van der Waals surface area contributed by atoms with E-state index in [4.69, 9.17) is 10.1 Å². The van der Waals surface area contributed by atoms with E-state index in [1.54, 1.807) is 11.3 Å². The molecule has 0 aliphatic heterocycles. The predicted octanol–water partition coefficient (Wildman–Crippen LogP) is 4.48. The van der Waals surface area contributed by atoms with Crippen LogP contribution in [-0.2, 0) is 6.54 Å². The van der Waals surface area contributed by atoms with Crippen LogP contribution in [0.25, 0.3) is 21.6 Å². The van der Waals surface area contributed by atoms with Gasteiger partial charge in [0.05, 0.1) is 4.70 Å². The van der Waals surface area contributed by atoms with Gasteiger partial charge in [0.15, 0.2) is 11.6 Å². The van der Waals surface area contributed by atoms with Gasteiger partial charge in [-0.1, -0.05) is 20.8 Å². The summed E-state index contributed by atoms with van der Waals surface area (Å²) < 4.78 is 3.27. The Morgan fingerprint density at radius 3 is 2.82 bits per heavy atom. The Kier molecular flexibility index (Phi) is 3.08. The third-order valence-electron chi connectivity index (χ3n) is 3.84. The molecule has 3 aromatic rings. The molecule has 1 aliphatic rings. The van der Waals surface area contributed by atoms with Gasteiger partial charge in [0.2, 0.25) is 0 Å². The van der Waals surface area contributed by atoms with Crippen molar-refractivity contribution < 1.29 is 0 Å². The molecule has 1 saturated carbocycles. The lowest BCUT2D eigenvalue weighted by atomic mass is 9.97. The van der Waals surface area contributed by atoms with Crippen molar-refractivity contribution in [1.29, 1.82) is 0 Å². The molecule has 0 amide bonds. The van der Waals surface area contributed by atoms with Crippen molar-refractivity contribution in [3.63, 3.8) is 0 Å². The minimum absolute atomic E-state index is 0.159. The fraction of sp³-hybridized carbons (Fsp3) is 0.471. The molecule has 0 spiro atoms. The maximum atomic E-state index is 4.85. The van der Waals surface area contributed by atoms with Gasteiger partial charge in [0.1, 0.15) is 5.69 Å². The summed E-state index contributed by atoms with van der Waals surface area (Å²) in [6, 6.07) is 4.19. The summed E-state index contributed by atoms with van der Waals surface area (Å²) in [6.07, 6.45) is 4.31. The first-order chi connectivity index (χ1) is 10.5. The highest BCUT2D eigenvalue weighted by Crippen LogP contribution is 2.40. The largest absolute Gasteiger partial charge is 0.251 e. The first kappa shape index (κ1) is 13.9. The predicted molar refractivity (Wildman–Crippen MR) is 90.1 cm³/mol. The molecule has 114 valence electrons. The Morgan fingerprint density at radius 1 is 1.27 bits per heavy atom. The molecule has 22 heavy (non-hydrogen) atoms. The number of hydrogen-bond donors (Lipinski definition) is 0. The lowest BCUT2D eigenvalue weighted by Crippen LogP contribution is -2.17. The number of hydrogen-bond acceptors (Lipinski definition) is 4. The molecule has 0 radical (unpaired) electrons. The van der Waals surface area contributed by atoms with E-state index in [0.717, 1.165) is 23.9 Å². The zero-order chi connectivity index (χ0) is 15.3. The summed E-state index contributed by atoms with van der Waals surface area (Å²) in [7, 11) is 0. The molecule has 0 bridgehead atoms. The topological polar surface area (TPSA) is 43.6 Å². The van der Waals surface area contributed by atoms with Gasteiger partial charge in [0, 0.05) is 18.7 Å². The molecule has 0 N–H and O–H groups in total. The van der Waals surface area contributed by atoms with Crippen LogP contribution in [0, 0.1) is 5.41 Å². The van der Waals surface area contributed by atoms with Gasteiger partial charge in [-0.2, -0.15) is 5.10 Å². The van der Waals surface area contributed by atoms with Gasteiger partial charge < -0.3 is 0 Å². The molecule has 1 fully saturated rings. The maximum Gasteiger partial charge on any atom is 0.178 e. The smallest absolute Gasteiger partial charge is 0.178 e. The zero-order valence-electron chi connectivity index (χ0n) is 13.2. The van der Waals surface area contributed by atoms with Crippen molar-refractivity contribution in [2.24, 2.45) is 5.41 Å². The van der Waals surface area contributed by atoms with E-state index in [1.807, 2.05) is 6.20 Å². The molecule has 0 saturated heterocycles. The molecule has 0 atom stereocenters. The molecule has 0 aromatic carbocycles. The molecule has 5 heteroatoms. The Labute approximate surface area is 134 Å². The summed E-state index contributed by atoms with van der Waals surface area (Å²) >= 11 is 1.73. The average molecular weight is 312 g/mol. The van der Waals surface area contributed by atoms with Crippen molar-refractivity contribution in [2.45, 2.75) is 46.1 Å². The number of nitrogens with zero attached hydrogens (tertiary/aromatic N) is 4. The van der Waals surface area contributed by atoms with Crippen molar-refractivity contribution in [3.05, 3.63) is 29.5 Å². The standard InChI is InChI=1S/C17H20N4S/c1-17(2,3)10-21-16(19-15(20-21)12-4-5-12)13-14-11(6-8-18-13)7-9-22-14/h6-9,12H,4-5,10H2,1-3H3. The van der Waals surface area contributed by atoms with Crippen LogP contribution in [0.2, 0.25) is 0 Å². The Hall–Kier alpha value is -1.75. The summed E-state index contributed by atoms with van der Waals surface area (Å²) in [4.78, 5) is 9.47. The van der Waals surface area contributed by atoms with Gasteiger partial charge in [-0.15, -0.1) is 11.3 Å². The molecule has 4 nitrogen and oxygen atoms in total. The second-order valence-corrected chi connectivity index (χ2v) is 8.20. The SMILES string of the molecule is CC(C)(C)Cn1nc(C2CC2)nc1-c1nccc2ccsc12. The van der Waals surface area contributed by atoms with Crippen LogP contribution in [-0.4, -0.2) is 19.7 Å². The lowest BCUT2D eigenvalue weighted by molar-refractivity contribution is 0.326. The number of aromatic nitrogens is 4. The van der Waals surface area contributed by atoms with Crippen LogP contribution in [0.4, 0.5) is 0 Å². The third-order valence-corrected chi connectivity index (χ3v) is 4.77. The Bertz CT molecular complexity index is 821. The highest BCUT2D eigenvalue weighted by molar-refractivity contribution is 7.17. The van der Waals surface area contributed by atoms with E-state index < -0.39 is 0 Å². The minimum atomic E-state index is 0.159. The zero-order valence-corrected chi connectivity index (χ0v) is 14.0. The average Bonchev–Trinajstić information content (AvgIpc) is 3.04. The highest BCUT2D eigenvalue weighted by atomic mass is 32.1. The second kappa shape index (κ2) is 4.88. The van der Waals surface area contributed by atoms with Gasteiger partial charge in [-0.25, -0.2) is 9.67 Å². The second-order valence-electron chi connectivity index (χ2n) is 7.28. The molecular weight excluding hydrogens is 292 g/mol. The quantitative estimate of drug-likeness (QED) is 0.716. The van der Waals surface area contributed by atoms with E-state index in [0.29, 0.717) is 5.92 Å². The van der Waals surface area contributed by atoms with Crippen LogP contribution in [0.3, 0.4) is 0 Å². The minimum Gasteiger partial charge on any atom is -0.251 e. The molecule has 3 aromatic heterocycles. The lowest BCUT2D eigenvalue weighted by Gasteiger charge is -2.19. The Balaban J connectivity index is 1.87. The van der Waals surface area contributed by atoms with Crippen molar-refractivity contribution in [1.82, 2.24) is 19.7 Å². The van der Waals surface area contributed by atoms with Crippen molar-refractivity contribution in [3.8, 4) is 11.5 Å². The van der Waals surface area contributed by atoms with Crippen LogP contribution < -0.4 is 0 Å². The van der Waals surface area contributed by atoms with Gasteiger partial charge >= 0.3 is 0 Å². The van der Waals surface area contributed by atoms with E-state index in [9.17, 15) is 0 Å². The summed E-state index contributed by atoms with van der Waals surface area (Å²) in [5.74, 6) is 2.47. The normalized spacial score (nSPS) is 15.6. The van der Waals surface area contributed by atoms with E-state index in [1.165, 1.54) is 22.9 Å². The highest BCUT2D eigenvalue weighted by Gasteiger charge is 2.30. The molecule has 0 unspecified atom stereocenters. The van der Waals surface area contributed by atoms with E-state index in [-0.39, 0.29) is 5.41 Å². The fourth-order valence-corrected chi connectivity index (χ4v) is 3.54. The molecule has 4 rings (SSSR count). The number of pyridine rings is 1. The van der Waals surface area contributed by atoms with E-state index in [2.05, 4.69) is 47.9 Å². The summed E-state index contributed by atoms with van der Waals surface area (Å²) in [5.41, 5.74) is 1.13. The molecule has 3 heterocycles.